The fraction of sp³-hybridized carbons (Fsp3) is 0.364. The van der Waals surface area contributed by atoms with E-state index in [4.69, 9.17) is 23.7 Å². The molecule has 5 atom stereocenters. The van der Waals surface area contributed by atoms with Gasteiger partial charge in [0.05, 0.1) is 19.8 Å². The van der Waals surface area contributed by atoms with Crippen molar-refractivity contribution in [3.63, 3.8) is 0 Å². The lowest BCUT2D eigenvalue weighted by molar-refractivity contribution is -0.253. The van der Waals surface area contributed by atoms with Crippen molar-refractivity contribution in [1.82, 2.24) is 0 Å². The quantitative estimate of drug-likeness (QED) is 0.168. The number of benzene rings is 3. The maximum Gasteiger partial charge on any atom is 0.302 e. The molecule has 0 radical (unpaired) electrons. The summed E-state index contributed by atoms with van der Waals surface area (Å²) in [7, 11) is 0. The molecule has 6 nitrogen and oxygen atoms in total. The van der Waals surface area contributed by atoms with Crippen LogP contribution in [0.25, 0.3) is 0 Å². The highest BCUT2D eigenvalue weighted by atomic mass is 32.2. The highest BCUT2D eigenvalue weighted by Crippen LogP contribution is 2.36. The number of carbonyl (C=O) groups is 1. The Morgan fingerprint density at radius 1 is 0.725 bits per heavy atom. The first-order valence-electron chi connectivity index (χ1n) is 13.5. The normalized spacial score (nSPS) is 22.5. The van der Waals surface area contributed by atoms with E-state index in [1.54, 1.807) is 11.8 Å². The molecule has 3 aromatic rings. The van der Waals surface area contributed by atoms with E-state index in [9.17, 15) is 4.79 Å². The molecule has 212 valence electrons. The van der Waals surface area contributed by atoms with E-state index in [1.807, 2.05) is 97.9 Å². The molecule has 1 heterocycles. The molecule has 0 bridgehead atoms. The van der Waals surface area contributed by atoms with Gasteiger partial charge in [-0.1, -0.05) is 103 Å². The Bertz CT molecular complexity index is 1100. The molecule has 1 aliphatic rings. The third-order valence-corrected chi connectivity index (χ3v) is 7.76. The minimum absolute atomic E-state index is 0.0511. The SMILES string of the molecule is C=C(C)CSC1O[C@H](COC(C)=O)[C@@H](OCc2ccccc2)[C@H](OCc2ccccc2)[C@H]1OCc1ccccc1. The van der Waals surface area contributed by atoms with Crippen molar-refractivity contribution in [2.75, 3.05) is 12.4 Å². The number of thioether (sulfide) groups is 1. The summed E-state index contributed by atoms with van der Waals surface area (Å²) in [4.78, 5) is 11.8. The Morgan fingerprint density at radius 3 is 1.62 bits per heavy atom. The van der Waals surface area contributed by atoms with Crippen molar-refractivity contribution in [3.05, 3.63) is 120 Å². The van der Waals surface area contributed by atoms with Crippen LogP contribution in [0.15, 0.2) is 103 Å². The molecule has 0 spiro atoms. The van der Waals surface area contributed by atoms with Gasteiger partial charge in [0.15, 0.2) is 0 Å². The van der Waals surface area contributed by atoms with Crippen molar-refractivity contribution >= 4 is 17.7 Å². The molecule has 0 aliphatic carbocycles. The lowest BCUT2D eigenvalue weighted by Crippen LogP contribution is -2.60. The van der Waals surface area contributed by atoms with Crippen molar-refractivity contribution in [2.24, 2.45) is 0 Å². The summed E-state index contributed by atoms with van der Waals surface area (Å²) >= 11 is 1.61. The maximum absolute atomic E-state index is 11.8. The molecule has 1 saturated heterocycles. The number of hydrogen-bond donors (Lipinski definition) is 0. The van der Waals surface area contributed by atoms with Crippen LogP contribution < -0.4 is 0 Å². The fourth-order valence-corrected chi connectivity index (χ4v) is 5.53. The van der Waals surface area contributed by atoms with Gasteiger partial charge in [0.25, 0.3) is 0 Å². The van der Waals surface area contributed by atoms with Crippen molar-refractivity contribution in [2.45, 2.75) is 63.5 Å². The first-order valence-corrected chi connectivity index (χ1v) is 14.6. The van der Waals surface area contributed by atoms with Crippen LogP contribution >= 0.6 is 11.8 Å². The molecule has 1 unspecified atom stereocenters. The molecule has 0 aromatic heterocycles. The second kappa shape index (κ2) is 15.7. The van der Waals surface area contributed by atoms with Gasteiger partial charge in [-0.05, 0) is 23.6 Å². The molecular formula is C33H38O6S. The highest BCUT2D eigenvalue weighted by Gasteiger charge is 2.49. The van der Waals surface area contributed by atoms with Crippen molar-refractivity contribution in [3.8, 4) is 0 Å². The molecular weight excluding hydrogens is 524 g/mol. The second-order valence-corrected chi connectivity index (χ2v) is 11.0. The number of esters is 1. The van der Waals surface area contributed by atoms with E-state index >= 15 is 0 Å². The van der Waals surface area contributed by atoms with E-state index in [0.29, 0.717) is 25.6 Å². The number of hydrogen-bond acceptors (Lipinski definition) is 7. The summed E-state index contributed by atoms with van der Waals surface area (Å²) in [6, 6.07) is 30.0. The Kier molecular flexibility index (Phi) is 11.8. The zero-order chi connectivity index (χ0) is 28.2. The topological polar surface area (TPSA) is 63.2 Å². The standard InChI is InChI=1S/C33H38O6S/c1-24(2)23-40-33-32(38-21-28-17-11-6-12-18-28)31(37-20-27-15-9-5-10-16-27)30(29(39-33)22-35-25(3)34)36-19-26-13-7-4-8-14-26/h4-18,29-33H,1,19-23H2,2-3H3/t29-,30-,31+,32-,33?/m1/s1. The van der Waals surface area contributed by atoms with Crippen LogP contribution in [-0.4, -0.2) is 48.2 Å². The zero-order valence-electron chi connectivity index (χ0n) is 23.1. The van der Waals surface area contributed by atoms with Crippen LogP contribution in [0.2, 0.25) is 0 Å². The van der Waals surface area contributed by atoms with Gasteiger partial charge in [-0.15, -0.1) is 11.8 Å². The Balaban J connectivity index is 1.64. The number of rotatable bonds is 14. The smallest absolute Gasteiger partial charge is 0.302 e. The molecule has 0 amide bonds. The third-order valence-electron chi connectivity index (χ3n) is 6.39. The molecule has 1 aliphatic heterocycles. The average molecular weight is 563 g/mol. The average Bonchev–Trinajstić information content (AvgIpc) is 2.97. The van der Waals surface area contributed by atoms with Crippen LogP contribution in [-0.2, 0) is 48.3 Å². The predicted octanol–water partition coefficient (Wildman–Crippen LogP) is 6.34. The summed E-state index contributed by atoms with van der Waals surface area (Å²) in [5.41, 5.74) is 3.75. The number of carbonyl (C=O) groups excluding carboxylic acids is 1. The van der Waals surface area contributed by atoms with Gasteiger partial charge >= 0.3 is 5.97 Å². The van der Waals surface area contributed by atoms with Crippen molar-refractivity contribution in [1.29, 1.82) is 0 Å². The summed E-state index contributed by atoms with van der Waals surface area (Å²) in [6.07, 6.45) is -2.05. The fourth-order valence-electron chi connectivity index (χ4n) is 4.44. The van der Waals surface area contributed by atoms with Gasteiger partial charge in [0.1, 0.15) is 36.5 Å². The molecule has 4 rings (SSSR count). The minimum Gasteiger partial charge on any atom is -0.463 e. The molecule has 0 saturated carbocycles. The zero-order valence-corrected chi connectivity index (χ0v) is 24.0. The third kappa shape index (κ3) is 9.32. The second-order valence-electron chi connectivity index (χ2n) is 9.90. The van der Waals surface area contributed by atoms with Crippen LogP contribution in [0.1, 0.15) is 30.5 Å². The van der Waals surface area contributed by atoms with E-state index < -0.39 is 29.9 Å². The van der Waals surface area contributed by atoms with Crippen LogP contribution in [0.4, 0.5) is 0 Å². The maximum atomic E-state index is 11.8. The Labute approximate surface area is 241 Å². The largest absolute Gasteiger partial charge is 0.463 e. The van der Waals surface area contributed by atoms with Gasteiger partial charge in [-0.25, -0.2) is 0 Å². The lowest BCUT2D eigenvalue weighted by Gasteiger charge is -2.46. The van der Waals surface area contributed by atoms with Gasteiger partial charge in [0.2, 0.25) is 0 Å². The van der Waals surface area contributed by atoms with Gasteiger partial charge in [-0.2, -0.15) is 0 Å². The van der Waals surface area contributed by atoms with Gasteiger partial charge in [0, 0.05) is 12.7 Å². The summed E-state index contributed by atoms with van der Waals surface area (Å²) < 4.78 is 31.8. The first kappa shape index (κ1) is 30.0. The van der Waals surface area contributed by atoms with E-state index in [2.05, 4.69) is 6.58 Å². The van der Waals surface area contributed by atoms with E-state index in [0.717, 1.165) is 22.3 Å². The van der Waals surface area contributed by atoms with E-state index in [-0.39, 0.29) is 12.6 Å². The number of ether oxygens (including phenoxy) is 5. The molecule has 7 heteroatoms. The van der Waals surface area contributed by atoms with Crippen molar-refractivity contribution < 1.29 is 28.5 Å². The molecule has 40 heavy (non-hydrogen) atoms. The predicted molar refractivity (Wildman–Crippen MR) is 158 cm³/mol. The monoisotopic (exact) mass is 562 g/mol. The highest BCUT2D eigenvalue weighted by molar-refractivity contribution is 8.00. The minimum atomic E-state index is -0.550. The summed E-state index contributed by atoms with van der Waals surface area (Å²) in [5, 5.41) is 0. The van der Waals surface area contributed by atoms with Gasteiger partial charge in [-0.3, -0.25) is 4.79 Å². The van der Waals surface area contributed by atoms with Gasteiger partial charge < -0.3 is 23.7 Å². The molecule has 3 aromatic carbocycles. The summed E-state index contributed by atoms with van der Waals surface area (Å²) in [6.45, 7) is 8.62. The van der Waals surface area contributed by atoms with Crippen LogP contribution in [0.5, 0.6) is 0 Å². The summed E-state index contributed by atoms with van der Waals surface area (Å²) in [5.74, 6) is 0.317. The molecule has 0 N–H and O–H groups in total. The molecule has 1 fully saturated rings. The van der Waals surface area contributed by atoms with E-state index in [1.165, 1.54) is 6.92 Å². The van der Waals surface area contributed by atoms with Crippen LogP contribution in [0, 0.1) is 0 Å². The van der Waals surface area contributed by atoms with Crippen LogP contribution in [0.3, 0.4) is 0 Å². The first-order chi connectivity index (χ1) is 19.5. The lowest BCUT2D eigenvalue weighted by atomic mass is 9.99. The Morgan fingerprint density at radius 2 is 1.18 bits per heavy atom. The Hall–Kier alpha value is -2.94.